The maximum Gasteiger partial charge on any atom is 0.243 e. The molecule has 1 atom stereocenters. The molecular weight excluding hydrogens is 410 g/mol. The normalized spacial score (nSPS) is 17.0. The molecule has 29 heavy (non-hydrogen) atoms. The first-order chi connectivity index (χ1) is 13.9. The van der Waals surface area contributed by atoms with Crippen LogP contribution in [-0.2, 0) is 21.2 Å². The van der Waals surface area contributed by atoms with Gasteiger partial charge in [0.25, 0.3) is 0 Å². The summed E-state index contributed by atoms with van der Waals surface area (Å²) in [5.41, 5.74) is 0. The smallest absolute Gasteiger partial charge is 0.243 e. The molecule has 1 aliphatic rings. The van der Waals surface area contributed by atoms with E-state index in [9.17, 15) is 13.2 Å². The van der Waals surface area contributed by atoms with Crippen LogP contribution in [0.3, 0.4) is 0 Å². The minimum atomic E-state index is -3.54. The van der Waals surface area contributed by atoms with E-state index in [1.54, 1.807) is 42.7 Å². The Balaban J connectivity index is 1.50. The van der Waals surface area contributed by atoms with Crippen LogP contribution in [0.5, 0.6) is 5.75 Å². The molecule has 0 aliphatic carbocycles. The molecule has 1 N–H and O–H groups in total. The largest absolute Gasteiger partial charge is 0.497 e. The van der Waals surface area contributed by atoms with Gasteiger partial charge in [-0.25, -0.2) is 8.42 Å². The van der Waals surface area contributed by atoms with E-state index in [1.165, 1.54) is 9.18 Å². The van der Waals surface area contributed by atoms with Gasteiger partial charge in [0.1, 0.15) is 5.75 Å². The van der Waals surface area contributed by atoms with Gasteiger partial charge in [0.2, 0.25) is 15.9 Å². The molecule has 7 nitrogen and oxygen atoms in total. The number of hydrogen-bond acceptors (Lipinski definition) is 6. The third kappa shape index (κ3) is 5.36. The Morgan fingerprint density at radius 1 is 1.17 bits per heavy atom. The van der Waals surface area contributed by atoms with Crippen molar-refractivity contribution in [1.29, 1.82) is 0 Å². The number of benzene rings is 1. The molecule has 0 spiro atoms. The van der Waals surface area contributed by atoms with Crippen LogP contribution in [-0.4, -0.2) is 69.4 Å². The first kappa shape index (κ1) is 21.8. The number of rotatable bonds is 8. The van der Waals surface area contributed by atoms with Gasteiger partial charge >= 0.3 is 0 Å². The third-order valence-corrected chi connectivity index (χ3v) is 8.00. The summed E-state index contributed by atoms with van der Waals surface area (Å²) in [7, 11) is -2.00. The molecule has 158 valence electrons. The minimum absolute atomic E-state index is 0.0204. The van der Waals surface area contributed by atoms with Gasteiger partial charge < -0.3 is 10.1 Å². The van der Waals surface area contributed by atoms with Crippen molar-refractivity contribution in [1.82, 2.24) is 14.5 Å². The van der Waals surface area contributed by atoms with Crippen molar-refractivity contribution < 1.29 is 17.9 Å². The molecule has 1 aromatic carbocycles. The van der Waals surface area contributed by atoms with Crippen molar-refractivity contribution in [3.05, 3.63) is 46.7 Å². The van der Waals surface area contributed by atoms with Crippen LogP contribution in [0.1, 0.15) is 11.8 Å². The molecule has 1 unspecified atom stereocenters. The Morgan fingerprint density at radius 2 is 1.86 bits per heavy atom. The SMILES string of the molecule is COc1ccc(S(=O)(=O)N2CCN(C(C)C(=O)NCCc3cccs3)CC2)cc1. The van der Waals surface area contributed by atoms with Gasteiger partial charge in [-0.3, -0.25) is 9.69 Å². The maximum absolute atomic E-state index is 12.8. The zero-order valence-corrected chi connectivity index (χ0v) is 18.3. The number of carbonyl (C=O) groups excluding carboxylic acids is 1. The van der Waals surface area contributed by atoms with Crippen LogP contribution in [0.2, 0.25) is 0 Å². The average Bonchev–Trinajstić information content (AvgIpc) is 3.26. The molecule has 1 saturated heterocycles. The fourth-order valence-corrected chi connectivity index (χ4v) is 5.44. The minimum Gasteiger partial charge on any atom is -0.497 e. The summed E-state index contributed by atoms with van der Waals surface area (Å²) in [5, 5.41) is 5.01. The molecule has 1 fully saturated rings. The van der Waals surface area contributed by atoms with Crippen molar-refractivity contribution in [3.8, 4) is 5.75 Å². The molecule has 1 aliphatic heterocycles. The monoisotopic (exact) mass is 437 g/mol. The molecule has 3 rings (SSSR count). The summed E-state index contributed by atoms with van der Waals surface area (Å²) in [5.74, 6) is 0.598. The predicted octanol–water partition coefficient (Wildman–Crippen LogP) is 1.81. The van der Waals surface area contributed by atoms with Gasteiger partial charge in [0, 0.05) is 37.6 Å². The molecule has 0 bridgehead atoms. The van der Waals surface area contributed by atoms with E-state index in [2.05, 4.69) is 11.4 Å². The van der Waals surface area contributed by atoms with Crippen molar-refractivity contribution in [2.24, 2.45) is 0 Å². The lowest BCUT2D eigenvalue weighted by atomic mass is 10.2. The van der Waals surface area contributed by atoms with Gasteiger partial charge in [0.15, 0.2) is 0 Å². The van der Waals surface area contributed by atoms with Crippen LogP contribution in [0.4, 0.5) is 0 Å². The lowest BCUT2D eigenvalue weighted by Crippen LogP contribution is -2.55. The lowest BCUT2D eigenvalue weighted by Gasteiger charge is -2.36. The summed E-state index contributed by atoms with van der Waals surface area (Å²) < 4.78 is 32.2. The van der Waals surface area contributed by atoms with Crippen molar-refractivity contribution >= 4 is 27.3 Å². The molecule has 0 saturated carbocycles. The Bertz CT molecular complexity index is 890. The molecule has 0 radical (unpaired) electrons. The predicted molar refractivity (Wildman–Crippen MR) is 114 cm³/mol. The highest BCUT2D eigenvalue weighted by Gasteiger charge is 2.31. The number of thiophene rings is 1. The number of ether oxygens (including phenoxy) is 1. The molecule has 1 amide bonds. The fourth-order valence-electron chi connectivity index (χ4n) is 3.31. The molecule has 1 aromatic heterocycles. The van der Waals surface area contributed by atoms with Gasteiger partial charge in [-0.05, 0) is 49.1 Å². The fraction of sp³-hybridized carbons (Fsp3) is 0.450. The van der Waals surface area contributed by atoms with Crippen LogP contribution in [0.15, 0.2) is 46.7 Å². The number of nitrogens with one attached hydrogen (secondary N) is 1. The van der Waals surface area contributed by atoms with Crippen LogP contribution in [0.25, 0.3) is 0 Å². The zero-order chi connectivity index (χ0) is 20.9. The van der Waals surface area contributed by atoms with E-state index in [-0.39, 0.29) is 16.8 Å². The number of piperazine rings is 1. The second kappa shape index (κ2) is 9.71. The number of amides is 1. The zero-order valence-electron chi connectivity index (χ0n) is 16.7. The molecular formula is C20H27N3O4S2. The van der Waals surface area contributed by atoms with Crippen LogP contribution >= 0.6 is 11.3 Å². The Hall–Kier alpha value is -1.94. The Labute approximate surface area is 176 Å². The van der Waals surface area contributed by atoms with E-state index in [0.717, 1.165) is 6.42 Å². The van der Waals surface area contributed by atoms with Gasteiger partial charge in [-0.15, -0.1) is 11.3 Å². The summed E-state index contributed by atoms with van der Waals surface area (Å²) in [6.45, 7) is 4.25. The Morgan fingerprint density at radius 3 is 2.45 bits per heavy atom. The van der Waals surface area contributed by atoms with Crippen molar-refractivity contribution in [3.63, 3.8) is 0 Å². The maximum atomic E-state index is 12.8. The molecule has 2 heterocycles. The quantitative estimate of drug-likeness (QED) is 0.681. The number of methoxy groups -OCH3 is 1. The second-order valence-electron chi connectivity index (χ2n) is 6.91. The number of sulfonamides is 1. The highest BCUT2D eigenvalue weighted by Crippen LogP contribution is 2.21. The van der Waals surface area contributed by atoms with Gasteiger partial charge in [-0.1, -0.05) is 6.07 Å². The lowest BCUT2D eigenvalue weighted by molar-refractivity contribution is -0.126. The van der Waals surface area contributed by atoms with E-state index in [0.29, 0.717) is 38.5 Å². The van der Waals surface area contributed by atoms with E-state index < -0.39 is 10.0 Å². The van der Waals surface area contributed by atoms with Crippen LogP contribution in [0, 0.1) is 0 Å². The van der Waals surface area contributed by atoms with Gasteiger partial charge in [-0.2, -0.15) is 4.31 Å². The van der Waals surface area contributed by atoms with Crippen molar-refractivity contribution in [2.45, 2.75) is 24.3 Å². The van der Waals surface area contributed by atoms with E-state index >= 15 is 0 Å². The number of nitrogens with zero attached hydrogens (tertiary/aromatic N) is 2. The second-order valence-corrected chi connectivity index (χ2v) is 9.88. The topological polar surface area (TPSA) is 79.0 Å². The summed E-state index contributed by atoms with van der Waals surface area (Å²) in [6.07, 6.45) is 0.823. The first-order valence-electron chi connectivity index (χ1n) is 9.60. The first-order valence-corrected chi connectivity index (χ1v) is 11.9. The highest BCUT2D eigenvalue weighted by molar-refractivity contribution is 7.89. The van der Waals surface area contributed by atoms with Crippen molar-refractivity contribution in [2.75, 3.05) is 39.8 Å². The summed E-state index contributed by atoms with van der Waals surface area (Å²) in [4.78, 5) is 16.0. The van der Waals surface area contributed by atoms with E-state index in [4.69, 9.17) is 4.74 Å². The molecule has 2 aromatic rings. The standard InChI is InChI=1S/C20H27N3O4S2/c1-16(20(24)21-10-9-18-4-3-15-28-18)22-11-13-23(14-12-22)29(25,26)19-7-5-17(27-2)6-8-19/h3-8,15-16H,9-14H2,1-2H3,(H,21,24). The van der Waals surface area contributed by atoms with Gasteiger partial charge in [0.05, 0.1) is 18.0 Å². The molecule has 9 heteroatoms. The summed E-state index contributed by atoms with van der Waals surface area (Å²) in [6, 6.07) is 10.2. The third-order valence-electron chi connectivity index (χ3n) is 5.15. The average molecular weight is 438 g/mol. The number of carbonyl (C=O) groups is 1. The number of hydrogen-bond donors (Lipinski definition) is 1. The van der Waals surface area contributed by atoms with E-state index in [1.807, 2.05) is 23.3 Å². The van der Waals surface area contributed by atoms with Crippen LogP contribution < -0.4 is 10.1 Å². The highest BCUT2D eigenvalue weighted by atomic mass is 32.2. The Kier molecular flexibility index (Phi) is 7.28. The summed E-state index contributed by atoms with van der Waals surface area (Å²) >= 11 is 1.68.